The van der Waals surface area contributed by atoms with Crippen LogP contribution in [0.5, 0.6) is 0 Å². The summed E-state index contributed by atoms with van der Waals surface area (Å²) in [6.07, 6.45) is 10.8. The number of anilines is 1. The first-order valence-corrected chi connectivity index (χ1v) is 10.6. The van der Waals surface area contributed by atoms with E-state index in [1.807, 2.05) is 23.0 Å². The molecule has 0 unspecified atom stereocenters. The molecule has 0 bridgehead atoms. The molecule has 1 saturated carbocycles. The number of pyridine rings is 2. The lowest BCUT2D eigenvalue weighted by Crippen LogP contribution is -2.19. The molecule has 4 aromatic heterocycles. The number of amides is 1. The molecule has 1 aliphatic rings. The van der Waals surface area contributed by atoms with Crippen molar-refractivity contribution in [2.75, 3.05) is 5.32 Å². The zero-order chi connectivity index (χ0) is 22.2. The van der Waals surface area contributed by atoms with Crippen LogP contribution in [0.3, 0.4) is 0 Å². The average molecular weight is 429 g/mol. The van der Waals surface area contributed by atoms with Gasteiger partial charge in [0.1, 0.15) is 12.2 Å². The van der Waals surface area contributed by atoms with E-state index in [9.17, 15) is 9.59 Å². The van der Waals surface area contributed by atoms with Gasteiger partial charge in [0.05, 0.1) is 16.8 Å². The maximum Gasteiger partial charge on any atom is 0.246 e. The van der Waals surface area contributed by atoms with Crippen molar-refractivity contribution in [1.29, 1.82) is 0 Å². The molecule has 1 aliphatic carbocycles. The fourth-order valence-corrected chi connectivity index (χ4v) is 3.78. The third kappa shape index (κ3) is 3.89. The van der Waals surface area contributed by atoms with Gasteiger partial charge in [0.25, 0.3) is 0 Å². The van der Waals surface area contributed by atoms with Gasteiger partial charge in [-0.15, -0.1) is 5.10 Å². The van der Waals surface area contributed by atoms with Gasteiger partial charge < -0.3 is 9.88 Å². The standard InChI is InChI=1S/C23H23N7O2/c1-14(2)30-11-18(17-10-24-7-6-21(17)30)23(32)19-9-16(5-8-25-19)26-22(31)13-29-12-20(27-28-29)15-3-4-15/h5-12,14-15H,3-4,13H2,1-2H3,(H,25,26,31). The van der Waals surface area contributed by atoms with E-state index in [0.717, 1.165) is 29.4 Å². The SMILES string of the molecule is CC(C)n1cc(C(=O)c2cc(NC(=O)Cn3cc(C4CC4)nn3)ccn2)c2cnccc21. The number of carbonyl (C=O) groups is 2. The molecule has 0 radical (unpaired) electrons. The second-order valence-electron chi connectivity index (χ2n) is 8.36. The predicted molar refractivity (Wildman–Crippen MR) is 118 cm³/mol. The molecule has 162 valence electrons. The summed E-state index contributed by atoms with van der Waals surface area (Å²) in [6.45, 7) is 4.18. The third-order valence-corrected chi connectivity index (χ3v) is 5.57. The summed E-state index contributed by atoms with van der Waals surface area (Å²) in [5, 5.41) is 11.7. The summed E-state index contributed by atoms with van der Waals surface area (Å²) in [4.78, 5) is 34.1. The van der Waals surface area contributed by atoms with Crippen LogP contribution >= 0.6 is 0 Å². The van der Waals surface area contributed by atoms with E-state index in [1.54, 1.807) is 24.5 Å². The summed E-state index contributed by atoms with van der Waals surface area (Å²) >= 11 is 0. The molecule has 0 spiro atoms. The van der Waals surface area contributed by atoms with Crippen LogP contribution < -0.4 is 5.32 Å². The number of hydrogen-bond acceptors (Lipinski definition) is 6. The lowest BCUT2D eigenvalue weighted by atomic mass is 10.1. The number of ketones is 1. The van der Waals surface area contributed by atoms with Crippen molar-refractivity contribution < 1.29 is 9.59 Å². The summed E-state index contributed by atoms with van der Waals surface area (Å²) < 4.78 is 3.58. The molecule has 0 aliphatic heterocycles. The van der Waals surface area contributed by atoms with E-state index in [4.69, 9.17) is 0 Å². The van der Waals surface area contributed by atoms with Crippen molar-refractivity contribution >= 4 is 28.3 Å². The van der Waals surface area contributed by atoms with Gasteiger partial charge in [0, 0.05) is 54.0 Å². The molecule has 0 aromatic carbocycles. The van der Waals surface area contributed by atoms with E-state index in [2.05, 4.69) is 39.4 Å². The first kappa shape index (κ1) is 20.0. The average Bonchev–Trinajstić information content (AvgIpc) is 3.40. The fraction of sp³-hybridized carbons (Fsp3) is 0.304. The van der Waals surface area contributed by atoms with E-state index in [1.165, 1.54) is 10.9 Å². The lowest BCUT2D eigenvalue weighted by molar-refractivity contribution is -0.116. The van der Waals surface area contributed by atoms with Gasteiger partial charge in [0.15, 0.2) is 0 Å². The first-order chi connectivity index (χ1) is 15.5. The van der Waals surface area contributed by atoms with Crippen LogP contribution in [0.15, 0.2) is 49.2 Å². The Labute approximate surface area is 184 Å². The zero-order valence-corrected chi connectivity index (χ0v) is 17.9. The van der Waals surface area contributed by atoms with E-state index >= 15 is 0 Å². The molecule has 32 heavy (non-hydrogen) atoms. The smallest absolute Gasteiger partial charge is 0.246 e. The predicted octanol–water partition coefficient (Wildman–Crippen LogP) is 3.35. The van der Waals surface area contributed by atoms with Gasteiger partial charge >= 0.3 is 0 Å². The van der Waals surface area contributed by atoms with Crippen LogP contribution in [0.25, 0.3) is 10.9 Å². The van der Waals surface area contributed by atoms with Gasteiger partial charge in [-0.1, -0.05) is 5.21 Å². The molecule has 1 N–H and O–H groups in total. The van der Waals surface area contributed by atoms with Gasteiger partial charge in [-0.3, -0.25) is 19.6 Å². The molecule has 5 rings (SSSR count). The summed E-state index contributed by atoms with van der Waals surface area (Å²) in [7, 11) is 0. The molecule has 0 atom stereocenters. The first-order valence-electron chi connectivity index (χ1n) is 10.6. The number of carbonyl (C=O) groups excluding carboxylic acids is 2. The normalized spacial score (nSPS) is 13.6. The highest BCUT2D eigenvalue weighted by molar-refractivity contribution is 6.15. The minimum absolute atomic E-state index is 0.0544. The Morgan fingerprint density at radius 2 is 2.03 bits per heavy atom. The van der Waals surface area contributed by atoms with Crippen LogP contribution in [-0.4, -0.2) is 41.2 Å². The molecular formula is C23H23N7O2. The van der Waals surface area contributed by atoms with Crippen molar-refractivity contribution in [2.24, 2.45) is 0 Å². The molecule has 4 aromatic rings. The summed E-state index contributed by atoms with van der Waals surface area (Å²) in [5.41, 5.74) is 3.17. The molecule has 1 fully saturated rings. The summed E-state index contributed by atoms with van der Waals surface area (Å²) in [6, 6.07) is 5.34. The van der Waals surface area contributed by atoms with Gasteiger partial charge in [0.2, 0.25) is 11.7 Å². The lowest BCUT2D eigenvalue weighted by Gasteiger charge is -2.08. The Hall–Kier alpha value is -3.88. The van der Waals surface area contributed by atoms with Crippen molar-refractivity contribution in [3.63, 3.8) is 0 Å². The van der Waals surface area contributed by atoms with Gasteiger partial charge in [-0.25, -0.2) is 4.68 Å². The molecule has 0 saturated heterocycles. The Balaban J connectivity index is 1.35. The highest BCUT2D eigenvalue weighted by Gasteiger charge is 2.26. The van der Waals surface area contributed by atoms with E-state index in [-0.39, 0.29) is 30.0 Å². The maximum absolute atomic E-state index is 13.3. The van der Waals surface area contributed by atoms with Crippen LogP contribution in [0.4, 0.5) is 5.69 Å². The van der Waals surface area contributed by atoms with E-state index in [0.29, 0.717) is 17.2 Å². The second-order valence-corrected chi connectivity index (χ2v) is 8.36. The zero-order valence-electron chi connectivity index (χ0n) is 17.9. The molecule has 9 heteroatoms. The number of nitrogens with zero attached hydrogens (tertiary/aromatic N) is 6. The van der Waals surface area contributed by atoms with Crippen molar-refractivity contribution in [3.05, 3.63) is 66.1 Å². The number of fused-ring (bicyclic) bond motifs is 1. The monoisotopic (exact) mass is 429 g/mol. The Morgan fingerprint density at radius 1 is 1.19 bits per heavy atom. The molecule has 4 heterocycles. The van der Waals surface area contributed by atoms with E-state index < -0.39 is 0 Å². The van der Waals surface area contributed by atoms with Crippen LogP contribution in [0, 0.1) is 0 Å². The van der Waals surface area contributed by atoms with Crippen molar-refractivity contribution in [2.45, 2.75) is 45.2 Å². The van der Waals surface area contributed by atoms with Crippen LogP contribution in [0.2, 0.25) is 0 Å². The topological polar surface area (TPSA) is 108 Å². The Bertz CT molecular complexity index is 1320. The van der Waals surface area contributed by atoms with Crippen LogP contribution in [0.1, 0.15) is 60.4 Å². The highest BCUT2D eigenvalue weighted by Crippen LogP contribution is 2.38. The van der Waals surface area contributed by atoms with Gasteiger partial charge in [-0.2, -0.15) is 0 Å². The third-order valence-electron chi connectivity index (χ3n) is 5.57. The van der Waals surface area contributed by atoms with Crippen molar-refractivity contribution in [3.8, 4) is 0 Å². The molecular weight excluding hydrogens is 406 g/mol. The minimum atomic E-state index is -0.248. The Kier molecular flexibility index (Phi) is 5.01. The summed E-state index contributed by atoms with van der Waals surface area (Å²) in [5.74, 6) is 0.0173. The largest absolute Gasteiger partial charge is 0.344 e. The molecule has 9 nitrogen and oxygen atoms in total. The molecule has 1 amide bonds. The second kappa shape index (κ2) is 7.99. The number of hydrogen-bond donors (Lipinski definition) is 1. The minimum Gasteiger partial charge on any atom is -0.344 e. The Morgan fingerprint density at radius 3 is 2.81 bits per heavy atom. The number of aromatic nitrogens is 6. The quantitative estimate of drug-likeness (QED) is 0.452. The van der Waals surface area contributed by atoms with Gasteiger partial charge in [-0.05, 0) is 44.9 Å². The number of nitrogens with one attached hydrogen (secondary N) is 1. The fourth-order valence-electron chi connectivity index (χ4n) is 3.78. The number of rotatable bonds is 7. The van der Waals surface area contributed by atoms with Crippen molar-refractivity contribution in [1.82, 2.24) is 29.5 Å². The van der Waals surface area contributed by atoms with Crippen LogP contribution in [-0.2, 0) is 11.3 Å². The maximum atomic E-state index is 13.3. The highest BCUT2D eigenvalue weighted by atomic mass is 16.2.